The Kier molecular flexibility index (Phi) is 8.40. The van der Waals surface area contributed by atoms with E-state index in [1.807, 2.05) is 0 Å². The van der Waals surface area contributed by atoms with Crippen molar-refractivity contribution in [3.05, 3.63) is 152 Å². The van der Waals surface area contributed by atoms with Crippen molar-refractivity contribution in [3.8, 4) is 44.5 Å². The SMILES string of the molecule is Bc1c(B)c(B)c2c(-c3ccc(-c4ccc5ccccc5c4)cc3)c3c(B)c(-c4ccccc4)c(B)c(B)c3c(-c3ccc4oc5cc6ccccc6cc5c4c3)c2c1B. The van der Waals surface area contributed by atoms with Crippen LogP contribution in [-0.2, 0) is 0 Å². The van der Waals surface area contributed by atoms with E-state index in [2.05, 4.69) is 207 Å². The van der Waals surface area contributed by atoms with Gasteiger partial charge in [-0.2, -0.15) is 0 Å². The van der Waals surface area contributed by atoms with Gasteiger partial charge >= 0.3 is 0 Å². The molecule has 0 aliphatic heterocycles. The van der Waals surface area contributed by atoms with E-state index in [0.29, 0.717) is 0 Å². The van der Waals surface area contributed by atoms with E-state index in [4.69, 9.17) is 4.42 Å². The number of rotatable bonds is 4. The number of hydrogen-bond acceptors (Lipinski definition) is 1. The van der Waals surface area contributed by atoms with Crippen LogP contribution in [0.2, 0.25) is 0 Å². The molecule has 0 saturated heterocycles. The first kappa shape index (κ1) is 36.6. The lowest BCUT2D eigenvalue weighted by molar-refractivity contribution is 0.669. The lowest BCUT2D eigenvalue weighted by atomic mass is 9.60. The molecule has 11 aromatic rings. The zero-order chi connectivity index (χ0) is 41.0. The van der Waals surface area contributed by atoms with Crippen molar-refractivity contribution in [2.24, 2.45) is 0 Å². The third kappa shape index (κ3) is 5.43. The average Bonchev–Trinajstić information content (AvgIpc) is 3.64. The normalized spacial score (nSPS) is 11.8. The molecule has 0 aliphatic rings. The fourth-order valence-corrected chi connectivity index (χ4v) is 10.4. The third-order valence-electron chi connectivity index (χ3n) is 13.9. The van der Waals surface area contributed by atoms with Crippen LogP contribution in [0.1, 0.15) is 0 Å². The van der Waals surface area contributed by atoms with Gasteiger partial charge in [0.1, 0.15) is 66.1 Å². The van der Waals surface area contributed by atoms with Gasteiger partial charge in [0.2, 0.25) is 0 Å². The second kappa shape index (κ2) is 13.8. The van der Waals surface area contributed by atoms with E-state index < -0.39 is 0 Å². The lowest BCUT2D eigenvalue weighted by Gasteiger charge is -2.28. The van der Waals surface area contributed by atoms with Gasteiger partial charge in [-0.25, -0.2) is 0 Å². The molecule has 0 N–H and O–H groups in total. The fourth-order valence-electron chi connectivity index (χ4n) is 10.4. The highest BCUT2D eigenvalue weighted by molar-refractivity contribution is 6.69. The van der Waals surface area contributed by atoms with Crippen LogP contribution in [0.3, 0.4) is 0 Å². The van der Waals surface area contributed by atoms with Gasteiger partial charge in [-0.3, -0.25) is 0 Å². The van der Waals surface area contributed by atoms with Crippen molar-refractivity contribution in [1.82, 2.24) is 0 Å². The summed E-state index contributed by atoms with van der Waals surface area (Å²) in [6, 6.07) is 55.8. The van der Waals surface area contributed by atoms with Gasteiger partial charge in [-0.05, 0) is 118 Å². The first-order chi connectivity index (χ1) is 29.2. The highest BCUT2D eigenvalue weighted by Gasteiger charge is 2.26. The van der Waals surface area contributed by atoms with Crippen LogP contribution >= 0.6 is 0 Å². The number of hydrogen-bond donors (Lipinski definition) is 0. The molecular weight excluding hydrogens is 716 g/mol. The summed E-state index contributed by atoms with van der Waals surface area (Å²) in [5.74, 6) is 0. The van der Waals surface area contributed by atoms with Crippen molar-refractivity contribution < 1.29 is 4.42 Å². The Bertz CT molecular complexity index is 3610. The molecule has 274 valence electrons. The maximum Gasteiger partial charge on any atom is 0.140 e. The summed E-state index contributed by atoms with van der Waals surface area (Å²) in [5.41, 5.74) is 21.3. The maximum absolute atomic E-state index is 6.57. The summed E-state index contributed by atoms with van der Waals surface area (Å²) in [6.45, 7) is 0. The fraction of sp³-hybridized carbons (Fsp3) is 0. The van der Waals surface area contributed by atoms with Gasteiger partial charge in [0.05, 0.1) is 0 Å². The maximum atomic E-state index is 6.57. The summed E-state index contributed by atoms with van der Waals surface area (Å²) < 4.78 is 6.57. The van der Waals surface area contributed by atoms with E-state index in [1.54, 1.807) is 0 Å². The van der Waals surface area contributed by atoms with Crippen molar-refractivity contribution in [1.29, 1.82) is 0 Å². The summed E-state index contributed by atoms with van der Waals surface area (Å²) in [7, 11) is 16.4. The number of fused-ring (bicyclic) bond motifs is 7. The second-order valence-corrected chi connectivity index (χ2v) is 17.0. The molecule has 0 bridgehead atoms. The molecule has 8 heteroatoms. The molecule has 1 heterocycles. The summed E-state index contributed by atoms with van der Waals surface area (Å²) in [4.78, 5) is 0. The van der Waals surface area contributed by atoms with Crippen molar-refractivity contribution in [3.63, 3.8) is 0 Å². The zero-order valence-corrected chi connectivity index (χ0v) is 35.3. The summed E-state index contributed by atoms with van der Waals surface area (Å²) in [5, 5.41) is 12.6. The van der Waals surface area contributed by atoms with Crippen LogP contribution in [0.25, 0.3) is 110 Å². The largest absolute Gasteiger partial charge is 0.456 e. The van der Waals surface area contributed by atoms with Gasteiger partial charge in [0.15, 0.2) is 0 Å². The molecule has 1 nitrogen and oxygen atoms in total. The van der Waals surface area contributed by atoms with Gasteiger partial charge in [0, 0.05) is 10.8 Å². The van der Waals surface area contributed by atoms with Crippen molar-refractivity contribution in [2.75, 3.05) is 0 Å². The molecule has 0 saturated carbocycles. The molecule has 0 unspecified atom stereocenters. The predicted octanol–water partition coefficient (Wildman–Crippen LogP) is 2.68. The standard InChI is InChI=1S/C52H39B7O/c53-46-41(28-9-2-1-3-10-28)47(54)48(55)44-40(34-20-21-37-35(24-34)36-23-31-12-6-7-13-32(31)25-38(36)60-37)45-43(49(56)51(58)52(59)50(45)57)39(42(44)46)29-17-14-27(15-18-29)33-19-16-26-8-4-5-11-30(26)22-33/h1-25H,53-59H2. The lowest BCUT2D eigenvalue weighted by Crippen LogP contribution is -2.48. The highest BCUT2D eigenvalue weighted by atomic mass is 16.3. The smallest absolute Gasteiger partial charge is 0.140 e. The Balaban J connectivity index is 1.28. The van der Waals surface area contributed by atoms with Crippen molar-refractivity contribution in [2.45, 2.75) is 0 Å². The molecule has 0 aliphatic carbocycles. The molecule has 0 spiro atoms. The van der Waals surface area contributed by atoms with E-state index >= 15 is 0 Å². The van der Waals surface area contributed by atoms with Gasteiger partial charge < -0.3 is 4.42 Å². The Morgan fingerprint density at radius 2 is 0.733 bits per heavy atom. The monoisotopic (exact) mass is 756 g/mol. The predicted molar refractivity (Wildman–Crippen MR) is 283 cm³/mol. The molecule has 0 amide bonds. The van der Waals surface area contributed by atoms with Gasteiger partial charge in [0.25, 0.3) is 0 Å². The van der Waals surface area contributed by atoms with Crippen LogP contribution < -0.4 is 38.2 Å². The summed E-state index contributed by atoms with van der Waals surface area (Å²) in [6.07, 6.45) is 0. The van der Waals surface area contributed by atoms with Crippen LogP contribution in [0, 0.1) is 0 Å². The van der Waals surface area contributed by atoms with Crippen LogP contribution in [0.5, 0.6) is 0 Å². The third-order valence-corrected chi connectivity index (χ3v) is 13.9. The molecule has 10 aromatic carbocycles. The van der Waals surface area contributed by atoms with E-state index in [0.717, 1.165) is 21.9 Å². The molecule has 0 fully saturated rings. The second-order valence-electron chi connectivity index (χ2n) is 17.0. The quantitative estimate of drug-likeness (QED) is 0.199. The van der Waals surface area contributed by atoms with Gasteiger partial charge in [-0.1, -0.05) is 149 Å². The Morgan fingerprint density at radius 3 is 1.40 bits per heavy atom. The van der Waals surface area contributed by atoms with Gasteiger partial charge in [-0.15, -0.1) is 10.9 Å². The number of furan rings is 1. The summed E-state index contributed by atoms with van der Waals surface area (Å²) >= 11 is 0. The molecule has 60 heavy (non-hydrogen) atoms. The molecule has 0 radical (unpaired) electrons. The van der Waals surface area contributed by atoms with E-state index in [1.165, 1.54) is 126 Å². The Labute approximate surface area is 357 Å². The molecule has 11 rings (SSSR count). The first-order valence-corrected chi connectivity index (χ1v) is 21.2. The average molecular weight is 756 g/mol. The van der Waals surface area contributed by atoms with E-state index in [9.17, 15) is 0 Å². The molecular formula is C52H39B7O. The zero-order valence-electron chi connectivity index (χ0n) is 35.3. The number of benzene rings is 10. The van der Waals surface area contributed by atoms with Crippen molar-refractivity contribution >= 4 is 158 Å². The first-order valence-electron chi connectivity index (χ1n) is 21.2. The van der Waals surface area contributed by atoms with Crippen LogP contribution in [-0.4, -0.2) is 54.9 Å². The minimum atomic E-state index is 0.913. The Hall–Kier alpha value is -6.51. The molecule has 1 aromatic heterocycles. The molecule has 0 atom stereocenters. The Morgan fingerprint density at radius 1 is 0.267 bits per heavy atom. The van der Waals surface area contributed by atoms with Crippen LogP contribution in [0.15, 0.2) is 156 Å². The topological polar surface area (TPSA) is 13.1 Å². The minimum absolute atomic E-state index is 0.913. The highest BCUT2D eigenvalue weighted by Crippen LogP contribution is 2.44. The van der Waals surface area contributed by atoms with E-state index in [-0.39, 0.29) is 0 Å². The van der Waals surface area contributed by atoms with Crippen LogP contribution in [0.4, 0.5) is 0 Å². The minimum Gasteiger partial charge on any atom is -0.456 e.